The van der Waals surface area contributed by atoms with Gasteiger partial charge in [-0.1, -0.05) is 90.4 Å². The number of ether oxygens (including phenoxy) is 1. The van der Waals surface area contributed by atoms with Gasteiger partial charge in [-0.2, -0.15) is 8.78 Å². The lowest BCUT2D eigenvalue weighted by Gasteiger charge is -2.14. The van der Waals surface area contributed by atoms with Gasteiger partial charge in [-0.3, -0.25) is 0 Å². The predicted molar refractivity (Wildman–Crippen MR) is 110 cm³/mol. The SMILES string of the molecule is CCCCCCCCCCCCCCCCOc1c(F)c(F)c(S(=O)(=O)[O-])c(F)c1F. The first kappa shape index (κ1) is 27.7. The van der Waals surface area contributed by atoms with E-state index in [9.17, 15) is 30.5 Å². The summed E-state index contributed by atoms with van der Waals surface area (Å²) in [5.41, 5.74) is 0. The van der Waals surface area contributed by atoms with E-state index in [1.807, 2.05) is 0 Å². The van der Waals surface area contributed by atoms with Gasteiger partial charge in [-0.05, 0) is 6.42 Å². The summed E-state index contributed by atoms with van der Waals surface area (Å²) in [5, 5.41) is 0. The van der Waals surface area contributed by atoms with Crippen molar-refractivity contribution in [1.82, 2.24) is 0 Å². The van der Waals surface area contributed by atoms with E-state index in [1.54, 1.807) is 0 Å². The Labute approximate surface area is 183 Å². The molecule has 31 heavy (non-hydrogen) atoms. The summed E-state index contributed by atoms with van der Waals surface area (Å²) in [5.74, 6) is -9.95. The highest BCUT2D eigenvalue weighted by molar-refractivity contribution is 7.85. The molecule has 0 unspecified atom stereocenters. The molecule has 0 amide bonds. The second-order valence-corrected chi connectivity index (χ2v) is 9.13. The maximum absolute atomic E-state index is 13.8. The van der Waals surface area contributed by atoms with Crippen molar-refractivity contribution in [2.45, 2.75) is 102 Å². The van der Waals surface area contributed by atoms with Crippen molar-refractivity contribution in [2.24, 2.45) is 0 Å². The molecule has 180 valence electrons. The van der Waals surface area contributed by atoms with Crippen LogP contribution in [0.4, 0.5) is 17.6 Å². The molecule has 0 heterocycles. The van der Waals surface area contributed by atoms with E-state index in [2.05, 4.69) is 6.92 Å². The van der Waals surface area contributed by atoms with Crippen molar-refractivity contribution in [1.29, 1.82) is 0 Å². The van der Waals surface area contributed by atoms with Crippen LogP contribution < -0.4 is 4.74 Å². The molecule has 1 rings (SSSR count). The van der Waals surface area contributed by atoms with E-state index in [4.69, 9.17) is 4.74 Å². The van der Waals surface area contributed by atoms with Gasteiger partial charge >= 0.3 is 0 Å². The van der Waals surface area contributed by atoms with Crippen molar-refractivity contribution < 1.29 is 35.3 Å². The van der Waals surface area contributed by atoms with Crippen LogP contribution in [0.3, 0.4) is 0 Å². The Morgan fingerprint density at radius 1 is 0.645 bits per heavy atom. The van der Waals surface area contributed by atoms with E-state index in [-0.39, 0.29) is 6.61 Å². The standard InChI is InChI=1S/C22H34F4O4S/c1-2-3-4-5-6-7-8-9-10-11-12-13-14-15-16-30-21-17(23)19(25)22(31(27,28)29)20(26)18(21)24/h2-16H2,1H3,(H,27,28,29)/p-1. The molecule has 4 nitrogen and oxygen atoms in total. The maximum atomic E-state index is 13.8. The van der Waals surface area contributed by atoms with Gasteiger partial charge in [0.05, 0.1) is 6.61 Å². The third-order valence-electron chi connectivity index (χ3n) is 5.18. The van der Waals surface area contributed by atoms with Crippen LogP contribution in [0.1, 0.15) is 96.8 Å². The van der Waals surface area contributed by atoms with E-state index in [1.165, 1.54) is 57.8 Å². The highest BCUT2D eigenvalue weighted by atomic mass is 32.2. The molecule has 0 aromatic heterocycles. The van der Waals surface area contributed by atoms with Crippen LogP contribution in [0.15, 0.2) is 4.90 Å². The van der Waals surface area contributed by atoms with Gasteiger partial charge < -0.3 is 9.29 Å². The fraction of sp³-hybridized carbons (Fsp3) is 0.727. The molecule has 0 aliphatic carbocycles. The fourth-order valence-electron chi connectivity index (χ4n) is 3.41. The zero-order chi connectivity index (χ0) is 23.3. The molecule has 0 aliphatic rings. The molecule has 0 radical (unpaired) electrons. The first-order chi connectivity index (χ1) is 14.7. The van der Waals surface area contributed by atoms with Crippen molar-refractivity contribution in [3.05, 3.63) is 23.3 Å². The number of hydrogen-bond acceptors (Lipinski definition) is 4. The second-order valence-electron chi connectivity index (χ2n) is 7.81. The van der Waals surface area contributed by atoms with E-state index in [0.717, 1.165) is 25.7 Å². The van der Waals surface area contributed by atoms with E-state index in [0.29, 0.717) is 6.42 Å². The van der Waals surface area contributed by atoms with Gasteiger partial charge in [0, 0.05) is 0 Å². The number of halogens is 4. The largest absolute Gasteiger partial charge is 0.744 e. The summed E-state index contributed by atoms with van der Waals surface area (Å²) in [6.07, 6.45) is 15.7. The Balaban J connectivity index is 2.20. The Bertz CT molecular complexity index is 740. The highest BCUT2D eigenvalue weighted by Crippen LogP contribution is 2.32. The van der Waals surface area contributed by atoms with Gasteiger partial charge in [-0.25, -0.2) is 17.2 Å². The number of rotatable bonds is 17. The number of benzene rings is 1. The molecule has 1 aromatic rings. The fourth-order valence-corrected chi connectivity index (χ4v) is 4.03. The minimum absolute atomic E-state index is 0.186. The Hall–Kier alpha value is -1.35. The van der Waals surface area contributed by atoms with Crippen LogP contribution in [0.5, 0.6) is 5.75 Å². The second kappa shape index (κ2) is 14.7. The van der Waals surface area contributed by atoms with Gasteiger partial charge in [0.1, 0.15) is 15.0 Å². The normalized spacial score (nSPS) is 11.8. The maximum Gasteiger partial charge on any atom is 0.205 e. The summed E-state index contributed by atoms with van der Waals surface area (Å²) >= 11 is 0. The summed E-state index contributed by atoms with van der Waals surface area (Å²) in [6, 6.07) is 0. The Morgan fingerprint density at radius 3 is 1.35 bits per heavy atom. The van der Waals surface area contributed by atoms with Crippen molar-refractivity contribution in [3.63, 3.8) is 0 Å². The lowest BCUT2D eigenvalue weighted by atomic mass is 10.0. The summed E-state index contributed by atoms with van der Waals surface area (Å²) in [7, 11) is -5.71. The molecule has 0 spiro atoms. The number of unbranched alkanes of at least 4 members (excludes halogenated alkanes) is 13. The van der Waals surface area contributed by atoms with Crippen molar-refractivity contribution in [3.8, 4) is 5.75 Å². The number of hydrogen-bond donors (Lipinski definition) is 0. The molecule has 0 saturated carbocycles. The molecule has 0 bridgehead atoms. The molecule has 0 aliphatic heterocycles. The monoisotopic (exact) mass is 469 g/mol. The minimum Gasteiger partial charge on any atom is -0.744 e. The van der Waals surface area contributed by atoms with Gasteiger partial charge in [-0.15, -0.1) is 0 Å². The Kier molecular flexibility index (Phi) is 13.1. The predicted octanol–water partition coefficient (Wildman–Crippen LogP) is 7.01. The van der Waals surface area contributed by atoms with Crippen LogP contribution in [0, 0.1) is 23.3 Å². The zero-order valence-electron chi connectivity index (χ0n) is 18.2. The van der Waals surface area contributed by atoms with E-state index >= 15 is 0 Å². The lowest BCUT2D eigenvalue weighted by Crippen LogP contribution is -2.13. The van der Waals surface area contributed by atoms with Crippen molar-refractivity contribution in [2.75, 3.05) is 6.61 Å². The quantitative estimate of drug-likeness (QED) is 0.107. The van der Waals surface area contributed by atoms with Crippen LogP contribution in [0.25, 0.3) is 0 Å². The molecule has 0 fully saturated rings. The first-order valence-electron chi connectivity index (χ1n) is 11.2. The van der Waals surface area contributed by atoms with Gasteiger partial charge in [0.15, 0.2) is 17.4 Å². The molecule has 0 N–H and O–H groups in total. The topological polar surface area (TPSA) is 66.4 Å². The molecular formula is C22H33F4O4S-. The van der Waals surface area contributed by atoms with Gasteiger partial charge in [0.2, 0.25) is 11.6 Å². The van der Waals surface area contributed by atoms with Crippen LogP contribution in [-0.4, -0.2) is 19.6 Å². The van der Waals surface area contributed by atoms with Crippen molar-refractivity contribution >= 4 is 10.1 Å². The third kappa shape index (κ3) is 9.76. The lowest BCUT2D eigenvalue weighted by molar-refractivity contribution is 0.258. The molecule has 1 aromatic carbocycles. The van der Waals surface area contributed by atoms with E-state index < -0.39 is 44.0 Å². The molecule has 0 saturated heterocycles. The van der Waals surface area contributed by atoms with Crippen LogP contribution in [0.2, 0.25) is 0 Å². The summed E-state index contributed by atoms with van der Waals surface area (Å²) in [4.78, 5) is -2.17. The molecular weight excluding hydrogens is 436 g/mol. The summed E-state index contributed by atoms with van der Waals surface area (Å²) in [6.45, 7) is 2.02. The zero-order valence-corrected chi connectivity index (χ0v) is 19.0. The minimum atomic E-state index is -5.71. The third-order valence-corrected chi connectivity index (χ3v) is 6.04. The summed E-state index contributed by atoms with van der Waals surface area (Å²) < 4.78 is 92.1. The average molecular weight is 470 g/mol. The molecule has 0 atom stereocenters. The smallest absolute Gasteiger partial charge is 0.205 e. The molecule has 9 heteroatoms. The van der Waals surface area contributed by atoms with Gasteiger partial charge in [0.25, 0.3) is 0 Å². The first-order valence-corrected chi connectivity index (χ1v) is 12.6. The average Bonchev–Trinajstić information content (AvgIpc) is 2.70. The van der Waals surface area contributed by atoms with Crippen LogP contribution in [-0.2, 0) is 10.1 Å². The Morgan fingerprint density at radius 2 is 1.00 bits per heavy atom. The highest BCUT2D eigenvalue weighted by Gasteiger charge is 2.29. The van der Waals surface area contributed by atoms with Crippen LogP contribution >= 0.6 is 0 Å².